The summed E-state index contributed by atoms with van der Waals surface area (Å²) >= 11 is 5.89. The van der Waals surface area contributed by atoms with Gasteiger partial charge >= 0.3 is 0 Å². The molecule has 6 heteroatoms. The molecule has 0 amide bonds. The van der Waals surface area contributed by atoms with E-state index in [-0.39, 0.29) is 0 Å². The van der Waals surface area contributed by atoms with Crippen LogP contribution in [0.1, 0.15) is 0 Å². The van der Waals surface area contributed by atoms with Crippen LogP contribution in [0.3, 0.4) is 0 Å². The zero-order chi connectivity index (χ0) is 13.2. The summed E-state index contributed by atoms with van der Waals surface area (Å²) in [6.45, 7) is 0. The number of ether oxygens (including phenoxy) is 1. The molecule has 0 fully saturated rings. The molecule has 96 valence electrons. The topological polar surface area (TPSA) is 51.5 Å². The van der Waals surface area contributed by atoms with Crippen molar-refractivity contribution in [1.29, 1.82) is 0 Å². The molecule has 0 spiro atoms. The van der Waals surface area contributed by atoms with Gasteiger partial charge in [-0.15, -0.1) is 0 Å². The number of rotatable bonds is 3. The highest BCUT2D eigenvalue weighted by atomic mass is 35.5. The Bertz CT molecular complexity index is 725. The zero-order valence-electron chi connectivity index (χ0n) is 10.2. The van der Waals surface area contributed by atoms with Crippen molar-refractivity contribution in [3.05, 3.63) is 47.7 Å². The van der Waals surface area contributed by atoms with E-state index >= 15 is 0 Å². The fraction of sp³-hybridized carbons (Fsp3) is 0.0769. The first kappa shape index (κ1) is 11.8. The van der Waals surface area contributed by atoms with E-state index in [1.807, 2.05) is 30.3 Å². The molecule has 0 atom stereocenters. The lowest BCUT2D eigenvalue weighted by Crippen LogP contribution is -1.98. The Morgan fingerprint density at radius 3 is 3.00 bits per heavy atom. The van der Waals surface area contributed by atoms with Gasteiger partial charge in [-0.3, -0.25) is 0 Å². The Morgan fingerprint density at radius 1 is 1.26 bits per heavy atom. The predicted octanol–water partition coefficient (Wildman–Crippen LogP) is 3.13. The van der Waals surface area contributed by atoms with Crippen LogP contribution in [0.5, 0.6) is 5.75 Å². The second-order valence-corrected chi connectivity index (χ2v) is 4.31. The third-order valence-corrected chi connectivity index (χ3v) is 2.87. The van der Waals surface area contributed by atoms with Crippen molar-refractivity contribution < 1.29 is 4.74 Å². The van der Waals surface area contributed by atoms with E-state index in [9.17, 15) is 0 Å². The molecule has 2 heterocycles. The number of halogens is 1. The van der Waals surface area contributed by atoms with Gasteiger partial charge in [-0.2, -0.15) is 9.61 Å². The molecule has 3 aromatic rings. The van der Waals surface area contributed by atoms with Crippen molar-refractivity contribution in [1.82, 2.24) is 14.6 Å². The largest absolute Gasteiger partial charge is 0.497 e. The van der Waals surface area contributed by atoms with Crippen LogP contribution in [0.4, 0.5) is 11.5 Å². The molecule has 0 aliphatic heterocycles. The first-order chi connectivity index (χ1) is 9.26. The molecule has 0 saturated heterocycles. The van der Waals surface area contributed by atoms with E-state index in [0.29, 0.717) is 5.15 Å². The molecular weight excluding hydrogens is 264 g/mol. The number of nitrogens with zero attached hydrogens (tertiary/aromatic N) is 3. The number of anilines is 2. The lowest BCUT2D eigenvalue weighted by atomic mass is 10.3. The summed E-state index contributed by atoms with van der Waals surface area (Å²) in [7, 11) is 1.63. The van der Waals surface area contributed by atoms with E-state index in [4.69, 9.17) is 16.3 Å². The SMILES string of the molecule is COc1cccc(Nc2cnc3ccc(Cl)nn23)c1. The molecule has 0 bridgehead atoms. The fourth-order valence-electron chi connectivity index (χ4n) is 1.78. The van der Waals surface area contributed by atoms with Gasteiger partial charge in [0.1, 0.15) is 10.9 Å². The van der Waals surface area contributed by atoms with Gasteiger partial charge < -0.3 is 10.1 Å². The van der Waals surface area contributed by atoms with Gasteiger partial charge in [-0.25, -0.2) is 4.98 Å². The monoisotopic (exact) mass is 274 g/mol. The molecular formula is C13H11ClN4O. The van der Waals surface area contributed by atoms with Crippen LogP contribution in [-0.4, -0.2) is 21.7 Å². The molecule has 2 aromatic heterocycles. The number of benzene rings is 1. The molecule has 0 unspecified atom stereocenters. The van der Waals surface area contributed by atoms with Crippen molar-refractivity contribution in [2.75, 3.05) is 12.4 Å². The van der Waals surface area contributed by atoms with Crippen molar-refractivity contribution in [3.63, 3.8) is 0 Å². The minimum absolute atomic E-state index is 0.416. The summed E-state index contributed by atoms with van der Waals surface area (Å²) in [5.41, 5.74) is 1.62. The van der Waals surface area contributed by atoms with E-state index in [2.05, 4.69) is 15.4 Å². The summed E-state index contributed by atoms with van der Waals surface area (Å²) in [6.07, 6.45) is 1.71. The van der Waals surface area contributed by atoms with Gasteiger partial charge in [0.2, 0.25) is 0 Å². The van der Waals surface area contributed by atoms with E-state index in [1.165, 1.54) is 0 Å². The van der Waals surface area contributed by atoms with Gasteiger partial charge in [0.15, 0.2) is 11.5 Å². The normalized spacial score (nSPS) is 10.6. The molecule has 0 aliphatic carbocycles. The molecule has 19 heavy (non-hydrogen) atoms. The first-order valence-electron chi connectivity index (χ1n) is 5.67. The van der Waals surface area contributed by atoms with Gasteiger partial charge in [0.25, 0.3) is 0 Å². The summed E-state index contributed by atoms with van der Waals surface area (Å²) in [6, 6.07) is 11.1. The average Bonchev–Trinajstić information content (AvgIpc) is 2.81. The highest BCUT2D eigenvalue weighted by Gasteiger charge is 2.05. The number of fused-ring (bicyclic) bond motifs is 1. The van der Waals surface area contributed by atoms with Gasteiger partial charge in [0.05, 0.1) is 13.3 Å². The fourth-order valence-corrected chi connectivity index (χ4v) is 1.92. The molecule has 5 nitrogen and oxygen atoms in total. The Balaban J connectivity index is 1.98. The van der Waals surface area contributed by atoms with E-state index in [1.54, 1.807) is 23.9 Å². The minimum atomic E-state index is 0.416. The van der Waals surface area contributed by atoms with E-state index in [0.717, 1.165) is 22.9 Å². The third kappa shape index (κ3) is 2.32. The van der Waals surface area contributed by atoms with Gasteiger partial charge in [0, 0.05) is 11.8 Å². The van der Waals surface area contributed by atoms with Crippen LogP contribution in [0, 0.1) is 0 Å². The van der Waals surface area contributed by atoms with Gasteiger partial charge in [-0.05, 0) is 24.3 Å². The standard InChI is InChI=1S/C13H11ClN4O/c1-19-10-4-2-3-9(7-10)16-13-8-15-12-6-5-11(14)17-18(12)13/h2-8,16H,1H3. The number of imidazole rings is 1. The molecule has 1 N–H and O–H groups in total. The van der Waals surface area contributed by atoms with E-state index < -0.39 is 0 Å². The Kier molecular flexibility index (Phi) is 2.97. The third-order valence-electron chi connectivity index (χ3n) is 2.67. The Hall–Kier alpha value is -2.27. The summed E-state index contributed by atoms with van der Waals surface area (Å²) in [5.74, 6) is 1.52. The van der Waals surface area contributed by atoms with Crippen molar-refractivity contribution in [2.24, 2.45) is 0 Å². The van der Waals surface area contributed by atoms with Crippen LogP contribution in [0.2, 0.25) is 5.15 Å². The first-order valence-corrected chi connectivity index (χ1v) is 6.05. The highest BCUT2D eigenvalue weighted by Crippen LogP contribution is 2.22. The van der Waals surface area contributed by atoms with Crippen LogP contribution in [-0.2, 0) is 0 Å². The lowest BCUT2D eigenvalue weighted by Gasteiger charge is -2.07. The summed E-state index contributed by atoms with van der Waals surface area (Å²) < 4.78 is 6.84. The predicted molar refractivity (Wildman–Crippen MR) is 74.3 cm³/mol. The van der Waals surface area contributed by atoms with Crippen molar-refractivity contribution in [2.45, 2.75) is 0 Å². The number of hydrogen-bond donors (Lipinski definition) is 1. The number of methoxy groups -OCH3 is 1. The molecule has 0 saturated carbocycles. The maximum atomic E-state index is 5.89. The second-order valence-electron chi connectivity index (χ2n) is 3.93. The smallest absolute Gasteiger partial charge is 0.156 e. The summed E-state index contributed by atoms with van der Waals surface area (Å²) in [4.78, 5) is 4.25. The molecule has 1 aromatic carbocycles. The maximum Gasteiger partial charge on any atom is 0.156 e. The number of nitrogens with one attached hydrogen (secondary N) is 1. The Labute approximate surface area is 114 Å². The van der Waals surface area contributed by atoms with Crippen LogP contribution < -0.4 is 10.1 Å². The quantitative estimate of drug-likeness (QED) is 0.797. The Morgan fingerprint density at radius 2 is 2.16 bits per heavy atom. The molecule has 0 aliphatic rings. The molecule has 0 radical (unpaired) electrons. The van der Waals surface area contributed by atoms with Crippen LogP contribution >= 0.6 is 11.6 Å². The average molecular weight is 275 g/mol. The van der Waals surface area contributed by atoms with Gasteiger partial charge in [-0.1, -0.05) is 17.7 Å². The van der Waals surface area contributed by atoms with Crippen LogP contribution in [0.15, 0.2) is 42.6 Å². The zero-order valence-corrected chi connectivity index (χ0v) is 10.9. The highest BCUT2D eigenvalue weighted by molar-refractivity contribution is 6.29. The summed E-state index contributed by atoms with van der Waals surface area (Å²) in [5, 5.41) is 7.84. The molecule has 3 rings (SSSR count). The second kappa shape index (κ2) is 4.78. The number of aromatic nitrogens is 3. The maximum absolute atomic E-state index is 5.89. The van der Waals surface area contributed by atoms with Crippen molar-refractivity contribution >= 4 is 28.8 Å². The lowest BCUT2D eigenvalue weighted by molar-refractivity contribution is 0.415. The number of hydrogen-bond acceptors (Lipinski definition) is 4. The van der Waals surface area contributed by atoms with Crippen molar-refractivity contribution in [3.8, 4) is 5.75 Å². The minimum Gasteiger partial charge on any atom is -0.497 e. The van der Waals surface area contributed by atoms with Crippen LogP contribution in [0.25, 0.3) is 5.65 Å².